The lowest BCUT2D eigenvalue weighted by Gasteiger charge is -2.24. The summed E-state index contributed by atoms with van der Waals surface area (Å²) in [7, 11) is 1.58. The molecule has 0 bridgehead atoms. The van der Waals surface area contributed by atoms with Crippen LogP contribution in [0.2, 0.25) is 0 Å². The summed E-state index contributed by atoms with van der Waals surface area (Å²) in [4.78, 5) is 14.1. The number of hydrogen-bond donors (Lipinski definition) is 2. The molecule has 2 heterocycles. The van der Waals surface area contributed by atoms with E-state index in [4.69, 9.17) is 4.74 Å². The number of methoxy groups -OCH3 is 1. The van der Waals surface area contributed by atoms with Gasteiger partial charge in [-0.1, -0.05) is 45.3 Å². The topological polar surface area (TPSA) is 104 Å². The van der Waals surface area contributed by atoms with Crippen LogP contribution in [0.4, 0.5) is 5.95 Å². The number of aromatic amines is 1. The molecule has 1 aromatic heterocycles. The lowest BCUT2D eigenvalue weighted by atomic mass is 9.93. The van der Waals surface area contributed by atoms with Crippen molar-refractivity contribution in [3.63, 3.8) is 0 Å². The standard InChI is InChI=1S/C18H14BrN5O3/c1-27-13-8-4-10(5-9-13)14-15(11-2-6-12(19)7-3-11)24(17(26)16(14)25)18-20-22-23-21-18/h2-9,15,25H,1H3,(H,20,21,22,23)/t15-/m0/s1. The van der Waals surface area contributed by atoms with Crippen LogP contribution in [0.3, 0.4) is 0 Å². The number of aliphatic hydroxyl groups is 1. The van der Waals surface area contributed by atoms with Crippen molar-refractivity contribution in [2.24, 2.45) is 0 Å². The first-order valence-electron chi connectivity index (χ1n) is 8.00. The molecule has 2 N–H and O–H groups in total. The van der Waals surface area contributed by atoms with E-state index in [0.29, 0.717) is 16.9 Å². The number of hydrogen-bond acceptors (Lipinski definition) is 6. The minimum atomic E-state index is -0.600. The number of aliphatic hydroxyl groups excluding tert-OH is 1. The predicted molar refractivity (Wildman–Crippen MR) is 101 cm³/mol. The fraction of sp³-hybridized carbons (Fsp3) is 0.111. The van der Waals surface area contributed by atoms with E-state index in [2.05, 4.69) is 36.6 Å². The summed E-state index contributed by atoms with van der Waals surface area (Å²) in [5.74, 6) is -0.172. The lowest BCUT2D eigenvalue weighted by molar-refractivity contribution is -0.117. The zero-order valence-electron chi connectivity index (χ0n) is 14.1. The maximum Gasteiger partial charge on any atom is 0.296 e. The minimum Gasteiger partial charge on any atom is -0.503 e. The highest BCUT2D eigenvalue weighted by atomic mass is 79.9. The summed E-state index contributed by atoms with van der Waals surface area (Å²) in [6.45, 7) is 0. The number of amides is 1. The summed E-state index contributed by atoms with van der Waals surface area (Å²) in [6, 6.07) is 14.0. The minimum absolute atomic E-state index is 0.0861. The molecule has 9 heteroatoms. The third-order valence-corrected chi connectivity index (χ3v) is 4.87. The summed E-state index contributed by atoms with van der Waals surface area (Å²) in [5, 5.41) is 24.4. The van der Waals surface area contributed by atoms with E-state index >= 15 is 0 Å². The summed E-state index contributed by atoms with van der Waals surface area (Å²) in [5.41, 5.74) is 1.96. The Morgan fingerprint density at radius 3 is 2.44 bits per heavy atom. The monoisotopic (exact) mass is 427 g/mol. The highest BCUT2D eigenvalue weighted by Gasteiger charge is 2.43. The predicted octanol–water partition coefficient (Wildman–Crippen LogP) is 3.03. The van der Waals surface area contributed by atoms with E-state index in [1.807, 2.05) is 24.3 Å². The molecule has 0 radical (unpaired) electrons. The van der Waals surface area contributed by atoms with Crippen molar-refractivity contribution in [2.45, 2.75) is 6.04 Å². The number of benzene rings is 2. The molecule has 2 aromatic carbocycles. The van der Waals surface area contributed by atoms with Gasteiger partial charge in [0.25, 0.3) is 11.9 Å². The Balaban J connectivity index is 1.87. The van der Waals surface area contributed by atoms with Crippen LogP contribution in [0.5, 0.6) is 5.75 Å². The molecule has 3 aromatic rings. The molecule has 8 nitrogen and oxygen atoms in total. The van der Waals surface area contributed by atoms with Crippen molar-refractivity contribution in [1.82, 2.24) is 20.6 Å². The van der Waals surface area contributed by atoms with Crippen molar-refractivity contribution < 1.29 is 14.6 Å². The Labute approximate surface area is 162 Å². The van der Waals surface area contributed by atoms with Crippen molar-refractivity contribution in [3.8, 4) is 5.75 Å². The number of aromatic nitrogens is 4. The number of nitrogens with zero attached hydrogens (tertiary/aromatic N) is 4. The Kier molecular flexibility index (Phi) is 4.36. The van der Waals surface area contributed by atoms with E-state index in [1.165, 1.54) is 4.90 Å². The second-order valence-electron chi connectivity index (χ2n) is 5.83. The molecular formula is C18H14BrN5O3. The summed E-state index contributed by atoms with van der Waals surface area (Å²) < 4.78 is 6.09. The van der Waals surface area contributed by atoms with E-state index in [0.717, 1.165) is 10.0 Å². The Hall–Kier alpha value is -3.20. The van der Waals surface area contributed by atoms with Gasteiger partial charge < -0.3 is 9.84 Å². The number of H-pyrrole nitrogens is 1. The molecule has 1 aliphatic heterocycles. The highest BCUT2D eigenvalue weighted by Crippen LogP contribution is 2.44. The molecule has 0 fully saturated rings. The van der Waals surface area contributed by atoms with Gasteiger partial charge in [0.1, 0.15) is 5.75 Å². The molecule has 1 aliphatic rings. The third kappa shape index (κ3) is 2.95. The molecule has 0 spiro atoms. The van der Waals surface area contributed by atoms with Crippen LogP contribution in [-0.4, -0.2) is 38.7 Å². The number of nitrogens with one attached hydrogen (secondary N) is 1. The van der Waals surface area contributed by atoms with Gasteiger partial charge in [0.15, 0.2) is 5.76 Å². The molecule has 0 saturated heterocycles. The number of halogens is 1. The van der Waals surface area contributed by atoms with Crippen molar-refractivity contribution >= 4 is 33.4 Å². The van der Waals surface area contributed by atoms with E-state index in [9.17, 15) is 9.90 Å². The SMILES string of the molecule is COc1ccc(C2=C(O)C(=O)N(c3nn[nH]n3)[C@H]2c2ccc(Br)cc2)cc1. The van der Waals surface area contributed by atoms with Gasteiger partial charge in [-0.3, -0.25) is 9.69 Å². The Morgan fingerprint density at radius 1 is 1.15 bits per heavy atom. The van der Waals surface area contributed by atoms with Crippen LogP contribution in [0.1, 0.15) is 17.2 Å². The van der Waals surface area contributed by atoms with E-state index in [1.54, 1.807) is 31.4 Å². The molecule has 0 saturated carbocycles. The summed E-state index contributed by atoms with van der Waals surface area (Å²) >= 11 is 3.41. The average molecular weight is 428 g/mol. The maximum atomic E-state index is 12.8. The smallest absolute Gasteiger partial charge is 0.296 e. The summed E-state index contributed by atoms with van der Waals surface area (Å²) in [6.07, 6.45) is 0. The van der Waals surface area contributed by atoms with Crippen LogP contribution in [0, 0.1) is 0 Å². The van der Waals surface area contributed by atoms with Gasteiger partial charge in [-0.2, -0.15) is 5.21 Å². The lowest BCUT2D eigenvalue weighted by Crippen LogP contribution is -2.31. The molecule has 1 amide bonds. The molecule has 27 heavy (non-hydrogen) atoms. The first-order valence-corrected chi connectivity index (χ1v) is 8.79. The number of carbonyl (C=O) groups is 1. The van der Waals surface area contributed by atoms with Gasteiger partial charge in [0, 0.05) is 10.0 Å². The van der Waals surface area contributed by atoms with Gasteiger partial charge in [-0.05, 0) is 40.6 Å². The van der Waals surface area contributed by atoms with Gasteiger partial charge in [0.05, 0.1) is 13.2 Å². The largest absolute Gasteiger partial charge is 0.503 e. The zero-order chi connectivity index (χ0) is 19.0. The van der Waals surface area contributed by atoms with Crippen LogP contribution in [0.25, 0.3) is 5.57 Å². The van der Waals surface area contributed by atoms with E-state index < -0.39 is 11.9 Å². The van der Waals surface area contributed by atoms with Gasteiger partial charge in [0.2, 0.25) is 0 Å². The number of rotatable bonds is 4. The van der Waals surface area contributed by atoms with Crippen molar-refractivity contribution in [2.75, 3.05) is 12.0 Å². The Bertz CT molecular complexity index is 1000. The van der Waals surface area contributed by atoms with Crippen LogP contribution in [0.15, 0.2) is 58.8 Å². The molecule has 0 aliphatic carbocycles. The maximum absolute atomic E-state index is 12.8. The molecular weight excluding hydrogens is 414 g/mol. The normalized spacial score (nSPS) is 16.9. The second kappa shape index (κ2) is 6.84. The Morgan fingerprint density at radius 2 is 1.85 bits per heavy atom. The molecule has 4 rings (SSSR count). The van der Waals surface area contributed by atoms with Crippen LogP contribution in [-0.2, 0) is 4.79 Å². The fourth-order valence-corrected chi connectivity index (χ4v) is 3.36. The highest BCUT2D eigenvalue weighted by molar-refractivity contribution is 9.10. The first kappa shape index (κ1) is 17.2. The van der Waals surface area contributed by atoms with Crippen LogP contribution < -0.4 is 9.64 Å². The molecule has 1 atom stereocenters. The average Bonchev–Trinajstić information content (AvgIpc) is 3.30. The van der Waals surface area contributed by atoms with Gasteiger partial charge >= 0.3 is 0 Å². The number of anilines is 1. The first-order chi connectivity index (χ1) is 13.1. The van der Waals surface area contributed by atoms with Gasteiger partial charge in [-0.25, -0.2) is 0 Å². The third-order valence-electron chi connectivity index (χ3n) is 4.34. The number of tetrazole rings is 1. The molecule has 136 valence electrons. The second-order valence-corrected chi connectivity index (χ2v) is 6.75. The fourth-order valence-electron chi connectivity index (χ4n) is 3.10. The molecule has 0 unspecified atom stereocenters. The number of ether oxygens (including phenoxy) is 1. The van der Waals surface area contributed by atoms with Crippen molar-refractivity contribution in [3.05, 3.63) is 69.9 Å². The van der Waals surface area contributed by atoms with E-state index in [-0.39, 0.29) is 11.7 Å². The van der Waals surface area contributed by atoms with Crippen molar-refractivity contribution in [1.29, 1.82) is 0 Å². The quantitative estimate of drug-likeness (QED) is 0.662. The van der Waals surface area contributed by atoms with Gasteiger partial charge in [-0.15, -0.1) is 5.10 Å². The zero-order valence-corrected chi connectivity index (χ0v) is 15.7. The number of carbonyl (C=O) groups excluding carboxylic acids is 1. The van der Waals surface area contributed by atoms with Crippen LogP contribution >= 0.6 is 15.9 Å².